The molecule has 0 radical (unpaired) electrons. The predicted molar refractivity (Wildman–Crippen MR) is 261 cm³/mol. The molecule has 6 nitrogen and oxygen atoms in total. The van der Waals surface area contributed by atoms with E-state index < -0.39 is 0 Å². The van der Waals surface area contributed by atoms with Gasteiger partial charge in [0.05, 0.1) is 61.9 Å². The van der Waals surface area contributed by atoms with E-state index in [4.69, 9.17) is 14.7 Å². The summed E-state index contributed by atoms with van der Waals surface area (Å²) in [5.41, 5.74) is 15.5. The maximum absolute atomic E-state index is 6.74. The van der Waals surface area contributed by atoms with Crippen LogP contribution >= 0.6 is 0 Å². The summed E-state index contributed by atoms with van der Waals surface area (Å²) in [6.07, 6.45) is 2.13. The molecular formula is C56H53N5O. The Balaban J connectivity index is 1.40. The summed E-state index contributed by atoms with van der Waals surface area (Å²) in [4.78, 5) is 13.4. The second-order valence-electron chi connectivity index (χ2n) is 22.1. The highest BCUT2D eigenvalue weighted by molar-refractivity contribution is 6.33. The summed E-state index contributed by atoms with van der Waals surface area (Å²) < 4.78 is 11.8. The van der Waals surface area contributed by atoms with E-state index >= 15 is 0 Å². The van der Waals surface area contributed by atoms with Crippen molar-refractivity contribution in [1.82, 2.24) is 18.8 Å². The molecule has 0 amide bonds. The molecular weight excluding hydrogens is 759 g/mol. The number of hydrogen-bond donors (Lipinski definition) is 0. The molecule has 62 heavy (non-hydrogen) atoms. The van der Waals surface area contributed by atoms with Crippen LogP contribution in [0.1, 0.15) is 106 Å². The molecule has 5 aromatic carbocycles. The molecule has 1 aliphatic heterocycles. The largest absolute Gasteiger partial charge is 0.453 e. The van der Waals surface area contributed by atoms with E-state index in [1.54, 1.807) is 0 Å². The molecule has 308 valence electrons. The van der Waals surface area contributed by atoms with Crippen LogP contribution in [0.4, 0.5) is 17.1 Å². The lowest BCUT2D eigenvalue weighted by atomic mass is 9.85. The van der Waals surface area contributed by atoms with Crippen LogP contribution in [0.5, 0.6) is 11.5 Å². The Kier molecular flexibility index (Phi) is 7.08. The fraction of sp³-hybridized carbons (Fsp3) is 0.286. The fourth-order valence-electron chi connectivity index (χ4n) is 10.3. The lowest BCUT2D eigenvalue weighted by Gasteiger charge is -2.33. The van der Waals surface area contributed by atoms with Crippen molar-refractivity contribution in [3.8, 4) is 11.5 Å². The number of fused-ring (bicyclic) bond motifs is 14. The first kappa shape index (κ1) is 37.4. The van der Waals surface area contributed by atoms with Gasteiger partial charge in [-0.2, -0.15) is 0 Å². The molecule has 11 aromatic rings. The van der Waals surface area contributed by atoms with Gasteiger partial charge < -0.3 is 13.5 Å². The number of ether oxygens (including phenoxy) is 1. The number of benzene rings is 5. The van der Waals surface area contributed by atoms with E-state index in [9.17, 15) is 0 Å². The summed E-state index contributed by atoms with van der Waals surface area (Å²) in [6, 6.07) is 36.2. The Morgan fingerprint density at radius 3 is 1.58 bits per heavy atom. The van der Waals surface area contributed by atoms with E-state index in [0.717, 1.165) is 72.9 Å². The van der Waals surface area contributed by atoms with Crippen LogP contribution in [-0.4, -0.2) is 18.8 Å². The van der Waals surface area contributed by atoms with Gasteiger partial charge in [0.15, 0.2) is 11.5 Å². The van der Waals surface area contributed by atoms with Crippen molar-refractivity contribution in [3.05, 3.63) is 126 Å². The third kappa shape index (κ3) is 4.92. The molecule has 6 heteroatoms. The van der Waals surface area contributed by atoms with E-state index in [1.807, 2.05) is 0 Å². The number of rotatable bonds is 1. The zero-order valence-corrected chi connectivity index (χ0v) is 38.0. The highest BCUT2D eigenvalue weighted by Crippen LogP contribution is 2.57. The van der Waals surface area contributed by atoms with Crippen LogP contribution in [0.3, 0.4) is 0 Å². The van der Waals surface area contributed by atoms with Gasteiger partial charge in [-0.1, -0.05) is 113 Å². The SMILES string of the molecule is CC(C)(C)c1ccc2c(c1)c1cc(C(C)(C)C)nc3c4cc5c6cc(C(C)(C)C)cc7c8cc(C(C)(C)C)ncc8n(c5c(N5c8ccccc8Oc8ccccc85)c4n2c13)c76. The molecule has 0 unspecified atom stereocenters. The van der Waals surface area contributed by atoms with Crippen molar-refractivity contribution in [3.63, 3.8) is 0 Å². The smallest absolute Gasteiger partial charge is 0.151 e. The van der Waals surface area contributed by atoms with E-state index in [-0.39, 0.29) is 21.7 Å². The maximum atomic E-state index is 6.74. The van der Waals surface area contributed by atoms with Gasteiger partial charge >= 0.3 is 0 Å². The van der Waals surface area contributed by atoms with Gasteiger partial charge in [0.2, 0.25) is 0 Å². The molecule has 0 saturated heterocycles. The Bertz CT molecular complexity index is 3470. The highest BCUT2D eigenvalue weighted by Gasteiger charge is 2.35. The number of nitrogens with zero attached hydrogens (tertiary/aromatic N) is 5. The third-order valence-corrected chi connectivity index (χ3v) is 13.7. The second-order valence-corrected chi connectivity index (χ2v) is 22.1. The van der Waals surface area contributed by atoms with Gasteiger partial charge in [-0.15, -0.1) is 0 Å². The van der Waals surface area contributed by atoms with Crippen molar-refractivity contribution < 1.29 is 4.74 Å². The molecule has 0 fully saturated rings. The summed E-state index contributed by atoms with van der Waals surface area (Å²) in [5, 5.41) is 8.59. The minimum Gasteiger partial charge on any atom is -0.453 e. The first-order valence-corrected chi connectivity index (χ1v) is 22.2. The Hall–Kier alpha value is -6.40. The normalized spacial score (nSPS) is 14.2. The van der Waals surface area contributed by atoms with Crippen molar-refractivity contribution in [2.75, 3.05) is 4.90 Å². The van der Waals surface area contributed by atoms with Gasteiger partial charge in [-0.3, -0.25) is 9.88 Å². The van der Waals surface area contributed by atoms with E-state index in [2.05, 4.69) is 200 Å². The second kappa shape index (κ2) is 11.7. The Labute approximate surface area is 362 Å². The lowest BCUT2D eigenvalue weighted by molar-refractivity contribution is 0.477. The minimum atomic E-state index is -0.172. The molecule has 12 rings (SSSR count). The zero-order valence-electron chi connectivity index (χ0n) is 38.0. The number of pyridine rings is 2. The zero-order chi connectivity index (χ0) is 43.2. The standard InChI is InChI=1S/C56H53N5O/c1-53(2,3)30-21-22-39-32(23-30)37-28-46(56(10,11)12)58-47-38-26-36-35-25-31(54(4,5)6)24-34-33-27-45(55(7,8)9)57-29-42(33)61(48(34)35)50(36)52(51(38)60(39)49(37)47)59-40-17-13-15-19-43(40)62-44-20-16-14-18-41(44)59/h13-29H,1-12H3. The van der Waals surface area contributed by atoms with Gasteiger partial charge in [0.25, 0.3) is 0 Å². The maximum Gasteiger partial charge on any atom is 0.151 e. The quantitative estimate of drug-likeness (QED) is 0.166. The summed E-state index contributed by atoms with van der Waals surface area (Å²) in [7, 11) is 0. The number of anilines is 3. The van der Waals surface area contributed by atoms with Gasteiger partial charge in [0.1, 0.15) is 0 Å². The van der Waals surface area contributed by atoms with Crippen LogP contribution in [0, 0.1) is 0 Å². The van der Waals surface area contributed by atoms with Crippen LogP contribution in [0.25, 0.3) is 76.3 Å². The molecule has 0 aliphatic carbocycles. The summed E-state index contributed by atoms with van der Waals surface area (Å²) >= 11 is 0. The highest BCUT2D eigenvalue weighted by atomic mass is 16.5. The molecule has 0 N–H and O–H groups in total. The monoisotopic (exact) mass is 811 g/mol. The third-order valence-electron chi connectivity index (χ3n) is 13.7. The van der Waals surface area contributed by atoms with Crippen LogP contribution in [0.15, 0.2) is 103 Å². The van der Waals surface area contributed by atoms with E-state index in [0.29, 0.717) is 0 Å². The van der Waals surface area contributed by atoms with Crippen LogP contribution < -0.4 is 9.64 Å². The predicted octanol–water partition coefficient (Wildman–Crippen LogP) is 15.5. The molecule has 0 atom stereocenters. The summed E-state index contributed by atoms with van der Waals surface area (Å²) in [5.74, 6) is 1.64. The Morgan fingerprint density at radius 2 is 0.952 bits per heavy atom. The van der Waals surface area contributed by atoms with Crippen molar-refractivity contribution in [1.29, 1.82) is 0 Å². The molecule has 6 aromatic heterocycles. The average Bonchev–Trinajstić information content (AvgIpc) is 3.93. The molecule has 0 spiro atoms. The van der Waals surface area contributed by atoms with Crippen molar-refractivity contribution in [2.24, 2.45) is 0 Å². The topological polar surface area (TPSA) is 47.1 Å². The lowest BCUT2D eigenvalue weighted by Crippen LogP contribution is -2.17. The van der Waals surface area contributed by atoms with Crippen LogP contribution in [0.2, 0.25) is 0 Å². The summed E-state index contributed by atoms with van der Waals surface area (Å²) in [6.45, 7) is 27.5. The average molecular weight is 812 g/mol. The van der Waals surface area contributed by atoms with Crippen molar-refractivity contribution >= 4 is 93.4 Å². The van der Waals surface area contributed by atoms with Gasteiger partial charge in [0, 0.05) is 59.9 Å². The number of para-hydroxylation sites is 4. The fourth-order valence-corrected chi connectivity index (χ4v) is 10.3. The molecule has 1 aliphatic rings. The molecule has 0 bridgehead atoms. The molecule has 0 saturated carbocycles. The van der Waals surface area contributed by atoms with Gasteiger partial charge in [-0.05, 0) is 88.7 Å². The Morgan fingerprint density at radius 1 is 0.435 bits per heavy atom. The number of aromatic nitrogens is 4. The van der Waals surface area contributed by atoms with Crippen molar-refractivity contribution in [2.45, 2.75) is 105 Å². The van der Waals surface area contributed by atoms with Gasteiger partial charge in [-0.25, -0.2) is 4.98 Å². The number of hydrogen-bond acceptors (Lipinski definition) is 4. The first-order valence-electron chi connectivity index (χ1n) is 22.2. The van der Waals surface area contributed by atoms with Crippen LogP contribution in [-0.2, 0) is 21.7 Å². The molecule has 7 heterocycles. The van der Waals surface area contributed by atoms with E-state index in [1.165, 1.54) is 54.5 Å². The minimum absolute atomic E-state index is 0.0139. The first-order chi connectivity index (χ1) is 29.3.